The Hall–Kier alpha value is -2.62. The Morgan fingerprint density at radius 2 is 1.43 bits per heavy atom. The van der Waals surface area contributed by atoms with Crippen molar-refractivity contribution < 1.29 is 9.59 Å². The second-order valence-corrected chi connectivity index (χ2v) is 5.88. The third-order valence-corrected chi connectivity index (χ3v) is 4.25. The number of likely N-dealkylation sites (tertiary alicyclic amines) is 1. The minimum absolute atomic E-state index is 0.000191. The van der Waals surface area contributed by atoms with Gasteiger partial charge in [-0.05, 0) is 11.1 Å². The molecule has 1 heterocycles. The molecule has 1 saturated heterocycles. The van der Waals surface area contributed by atoms with Gasteiger partial charge in [-0.3, -0.25) is 9.59 Å². The summed E-state index contributed by atoms with van der Waals surface area (Å²) in [5, 5.41) is 3.13. The summed E-state index contributed by atoms with van der Waals surface area (Å²) in [7, 11) is 0. The van der Waals surface area contributed by atoms with E-state index in [1.165, 1.54) is 6.92 Å². The minimum Gasteiger partial charge on any atom is -0.345 e. The standard InChI is InChI=1S/C19H20N2O2/c1-14(22)21-12-17(13-21)19(23)20-18(15-8-4-2-5-9-15)16-10-6-3-7-11-16/h2-11,17-18H,12-13H2,1H3,(H,20,23). The molecule has 4 nitrogen and oxygen atoms in total. The molecule has 118 valence electrons. The van der Waals surface area contributed by atoms with Gasteiger partial charge in [0.1, 0.15) is 0 Å². The second kappa shape index (κ2) is 6.65. The highest BCUT2D eigenvalue weighted by Crippen LogP contribution is 2.24. The summed E-state index contributed by atoms with van der Waals surface area (Å²) in [5.74, 6) is -0.0919. The summed E-state index contributed by atoms with van der Waals surface area (Å²) in [6.45, 7) is 2.56. The van der Waals surface area contributed by atoms with E-state index < -0.39 is 0 Å². The summed E-state index contributed by atoms with van der Waals surface area (Å²) in [6, 6.07) is 19.7. The number of rotatable bonds is 4. The van der Waals surface area contributed by atoms with E-state index in [1.54, 1.807) is 4.90 Å². The molecule has 0 atom stereocenters. The van der Waals surface area contributed by atoms with Gasteiger partial charge in [0, 0.05) is 20.0 Å². The number of carbonyl (C=O) groups excluding carboxylic acids is 2. The Bertz CT molecular complexity index is 640. The first-order chi connectivity index (χ1) is 11.1. The fourth-order valence-corrected chi connectivity index (χ4v) is 2.81. The Morgan fingerprint density at radius 3 is 1.87 bits per heavy atom. The average molecular weight is 308 g/mol. The molecule has 2 amide bonds. The van der Waals surface area contributed by atoms with Gasteiger partial charge in [0.15, 0.2) is 0 Å². The monoisotopic (exact) mass is 308 g/mol. The van der Waals surface area contributed by atoms with Crippen LogP contribution in [-0.4, -0.2) is 29.8 Å². The van der Waals surface area contributed by atoms with Crippen molar-refractivity contribution in [3.63, 3.8) is 0 Å². The third kappa shape index (κ3) is 3.42. The minimum atomic E-state index is -0.170. The SMILES string of the molecule is CC(=O)N1CC(C(=O)NC(c2ccccc2)c2ccccc2)C1. The molecule has 3 rings (SSSR count). The fourth-order valence-electron chi connectivity index (χ4n) is 2.81. The molecule has 2 aromatic rings. The Kier molecular flexibility index (Phi) is 4.42. The predicted octanol–water partition coefficient (Wildman–Crippen LogP) is 2.37. The smallest absolute Gasteiger partial charge is 0.227 e. The maximum atomic E-state index is 12.5. The van der Waals surface area contributed by atoms with Gasteiger partial charge in [-0.15, -0.1) is 0 Å². The zero-order chi connectivity index (χ0) is 16.2. The van der Waals surface area contributed by atoms with Crippen LogP contribution in [0.5, 0.6) is 0 Å². The van der Waals surface area contributed by atoms with Crippen LogP contribution in [0.3, 0.4) is 0 Å². The molecular weight excluding hydrogens is 288 g/mol. The molecule has 0 bridgehead atoms. The van der Waals surface area contributed by atoms with Crippen molar-refractivity contribution in [3.8, 4) is 0 Å². The molecule has 1 aliphatic heterocycles. The van der Waals surface area contributed by atoms with E-state index in [1.807, 2.05) is 60.7 Å². The van der Waals surface area contributed by atoms with E-state index >= 15 is 0 Å². The van der Waals surface area contributed by atoms with Crippen LogP contribution >= 0.6 is 0 Å². The molecule has 1 aliphatic rings. The molecular formula is C19H20N2O2. The Balaban J connectivity index is 1.75. The van der Waals surface area contributed by atoms with E-state index in [2.05, 4.69) is 5.32 Å². The first-order valence-electron chi connectivity index (χ1n) is 7.81. The molecule has 0 aliphatic carbocycles. The number of nitrogens with one attached hydrogen (secondary N) is 1. The van der Waals surface area contributed by atoms with Crippen molar-refractivity contribution in [2.75, 3.05) is 13.1 Å². The number of carbonyl (C=O) groups is 2. The molecule has 0 aromatic heterocycles. The van der Waals surface area contributed by atoms with E-state index in [0.29, 0.717) is 13.1 Å². The highest BCUT2D eigenvalue weighted by atomic mass is 16.2. The Morgan fingerprint density at radius 1 is 0.957 bits per heavy atom. The van der Waals surface area contributed by atoms with Gasteiger partial charge in [0.2, 0.25) is 11.8 Å². The van der Waals surface area contributed by atoms with Crippen LogP contribution in [0.25, 0.3) is 0 Å². The maximum absolute atomic E-state index is 12.5. The first kappa shape index (κ1) is 15.3. The lowest BCUT2D eigenvalue weighted by atomic mass is 9.95. The van der Waals surface area contributed by atoms with Crippen molar-refractivity contribution in [2.45, 2.75) is 13.0 Å². The first-order valence-corrected chi connectivity index (χ1v) is 7.81. The van der Waals surface area contributed by atoms with E-state index in [4.69, 9.17) is 0 Å². The molecule has 4 heteroatoms. The molecule has 23 heavy (non-hydrogen) atoms. The third-order valence-electron chi connectivity index (χ3n) is 4.25. The number of benzene rings is 2. The van der Waals surface area contributed by atoms with Crippen molar-refractivity contribution in [1.82, 2.24) is 10.2 Å². The highest BCUT2D eigenvalue weighted by Gasteiger charge is 2.35. The summed E-state index contributed by atoms with van der Waals surface area (Å²) in [6.07, 6.45) is 0. The zero-order valence-corrected chi connectivity index (χ0v) is 13.1. The van der Waals surface area contributed by atoms with Gasteiger partial charge in [-0.25, -0.2) is 0 Å². The molecule has 0 radical (unpaired) electrons. The molecule has 1 fully saturated rings. The van der Waals surface area contributed by atoms with Crippen molar-refractivity contribution in [2.24, 2.45) is 5.92 Å². The molecule has 0 spiro atoms. The van der Waals surface area contributed by atoms with Crippen molar-refractivity contribution in [1.29, 1.82) is 0 Å². The van der Waals surface area contributed by atoms with Gasteiger partial charge in [0.05, 0.1) is 12.0 Å². The van der Waals surface area contributed by atoms with Gasteiger partial charge in [0.25, 0.3) is 0 Å². The number of nitrogens with zero attached hydrogens (tertiary/aromatic N) is 1. The largest absolute Gasteiger partial charge is 0.345 e. The summed E-state index contributed by atoms with van der Waals surface area (Å²) in [4.78, 5) is 25.4. The quantitative estimate of drug-likeness (QED) is 0.942. The molecule has 0 saturated carbocycles. The second-order valence-electron chi connectivity index (χ2n) is 5.88. The van der Waals surface area contributed by atoms with Gasteiger partial charge in [-0.2, -0.15) is 0 Å². The van der Waals surface area contributed by atoms with Crippen LogP contribution in [-0.2, 0) is 9.59 Å². The fraction of sp³-hybridized carbons (Fsp3) is 0.263. The molecule has 0 unspecified atom stereocenters. The average Bonchev–Trinajstić information content (AvgIpc) is 2.52. The van der Waals surface area contributed by atoms with Gasteiger partial charge < -0.3 is 10.2 Å². The number of hydrogen-bond donors (Lipinski definition) is 1. The van der Waals surface area contributed by atoms with Crippen LogP contribution in [0, 0.1) is 5.92 Å². The van der Waals surface area contributed by atoms with Gasteiger partial charge >= 0.3 is 0 Å². The maximum Gasteiger partial charge on any atom is 0.227 e. The summed E-state index contributed by atoms with van der Waals surface area (Å²) in [5.41, 5.74) is 2.10. The van der Waals surface area contributed by atoms with E-state index in [0.717, 1.165) is 11.1 Å². The molecule has 1 N–H and O–H groups in total. The van der Waals surface area contributed by atoms with E-state index in [9.17, 15) is 9.59 Å². The number of amides is 2. The van der Waals surface area contributed by atoms with Crippen LogP contribution in [0.1, 0.15) is 24.1 Å². The number of hydrogen-bond acceptors (Lipinski definition) is 2. The molecule has 2 aromatic carbocycles. The lowest BCUT2D eigenvalue weighted by molar-refractivity contribution is -0.141. The topological polar surface area (TPSA) is 49.4 Å². The zero-order valence-electron chi connectivity index (χ0n) is 13.1. The van der Waals surface area contributed by atoms with Crippen molar-refractivity contribution >= 4 is 11.8 Å². The van der Waals surface area contributed by atoms with Crippen LogP contribution < -0.4 is 5.32 Å². The highest BCUT2D eigenvalue weighted by molar-refractivity contribution is 5.84. The predicted molar refractivity (Wildman–Crippen MR) is 88.6 cm³/mol. The van der Waals surface area contributed by atoms with Crippen LogP contribution in [0.2, 0.25) is 0 Å². The van der Waals surface area contributed by atoms with Crippen LogP contribution in [0.15, 0.2) is 60.7 Å². The lowest BCUT2D eigenvalue weighted by Gasteiger charge is -2.38. The Labute approximate surface area is 136 Å². The van der Waals surface area contributed by atoms with Gasteiger partial charge in [-0.1, -0.05) is 60.7 Å². The van der Waals surface area contributed by atoms with E-state index in [-0.39, 0.29) is 23.8 Å². The summed E-state index contributed by atoms with van der Waals surface area (Å²) >= 11 is 0. The summed E-state index contributed by atoms with van der Waals surface area (Å²) < 4.78 is 0. The normalized spacial score (nSPS) is 14.4. The lowest BCUT2D eigenvalue weighted by Crippen LogP contribution is -2.55. The van der Waals surface area contributed by atoms with Crippen molar-refractivity contribution in [3.05, 3.63) is 71.8 Å². The van der Waals surface area contributed by atoms with Crippen LogP contribution in [0.4, 0.5) is 0 Å².